The molecule has 0 bridgehead atoms. The molecule has 2 N–H and O–H groups in total. The summed E-state index contributed by atoms with van der Waals surface area (Å²) in [5.74, 6) is -1.71. The van der Waals surface area contributed by atoms with Gasteiger partial charge in [0.15, 0.2) is 0 Å². The maximum atomic E-state index is 13.7. The molecular weight excluding hydrogens is 336 g/mol. The van der Waals surface area contributed by atoms with Gasteiger partial charge < -0.3 is 10.6 Å². The lowest BCUT2D eigenvalue weighted by Gasteiger charge is -2.09. The lowest BCUT2D eigenvalue weighted by atomic mass is 10.1. The number of rotatable bonds is 5. The molecule has 3 aromatic rings. The largest absolute Gasteiger partial charge is 0.353 e. The van der Waals surface area contributed by atoms with Crippen molar-refractivity contribution in [2.24, 2.45) is 0 Å². The van der Waals surface area contributed by atoms with Gasteiger partial charge in [-0.05, 0) is 36.8 Å². The second-order valence-electron chi connectivity index (χ2n) is 5.85. The van der Waals surface area contributed by atoms with E-state index in [4.69, 9.17) is 0 Å². The van der Waals surface area contributed by atoms with E-state index >= 15 is 0 Å². The number of carbonyl (C=O) groups excluding carboxylic acids is 1. The van der Waals surface area contributed by atoms with E-state index in [0.29, 0.717) is 12.2 Å². The van der Waals surface area contributed by atoms with E-state index in [9.17, 15) is 13.6 Å². The van der Waals surface area contributed by atoms with E-state index in [1.165, 1.54) is 18.3 Å². The molecule has 0 saturated carbocycles. The summed E-state index contributed by atoms with van der Waals surface area (Å²) in [4.78, 5) is 16.3. The van der Waals surface area contributed by atoms with Crippen LogP contribution in [0, 0.1) is 18.6 Å². The molecule has 0 radical (unpaired) electrons. The smallest absolute Gasteiger partial charge is 0.270 e. The molecule has 26 heavy (non-hydrogen) atoms. The standard InChI is InChI=1S/C20H17F2N3O/c1-13-3-2-4-14(9-13)12-24-20(26)19-11-16(7-8-23-19)25-18-6-5-15(21)10-17(18)22/h2-11H,12H2,1H3,(H,23,25)(H,24,26). The minimum atomic E-state index is -0.715. The second kappa shape index (κ2) is 7.74. The van der Waals surface area contributed by atoms with Crippen LogP contribution in [0.2, 0.25) is 0 Å². The number of halogens is 2. The van der Waals surface area contributed by atoms with Crippen molar-refractivity contribution in [1.82, 2.24) is 10.3 Å². The van der Waals surface area contributed by atoms with Crippen LogP contribution in [-0.2, 0) is 6.54 Å². The number of hydrogen-bond acceptors (Lipinski definition) is 3. The summed E-state index contributed by atoms with van der Waals surface area (Å²) < 4.78 is 26.7. The quantitative estimate of drug-likeness (QED) is 0.717. The molecule has 1 aromatic heterocycles. The van der Waals surface area contributed by atoms with E-state index in [2.05, 4.69) is 15.6 Å². The number of carbonyl (C=O) groups is 1. The average molecular weight is 353 g/mol. The van der Waals surface area contributed by atoms with Crippen molar-refractivity contribution < 1.29 is 13.6 Å². The average Bonchev–Trinajstić information content (AvgIpc) is 2.62. The number of nitrogens with zero attached hydrogens (tertiary/aromatic N) is 1. The van der Waals surface area contributed by atoms with Crippen LogP contribution in [0.3, 0.4) is 0 Å². The third kappa shape index (κ3) is 4.42. The Hall–Kier alpha value is -3.28. The fourth-order valence-corrected chi connectivity index (χ4v) is 2.47. The van der Waals surface area contributed by atoms with Crippen LogP contribution >= 0.6 is 0 Å². The summed E-state index contributed by atoms with van der Waals surface area (Å²) in [7, 11) is 0. The Morgan fingerprint density at radius 1 is 1.08 bits per heavy atom. The van der Waals surface area contributed by atoms with Crippen molar-refractivity contribution in [2.75, 3.05) is 5.32 Å². The Bertz CT molecular complexity index is 944. The summed E-state index contributed by atoms with van der Waals surface area (Å²) in [6, 6.07) is 14.2. The lowest BCUT2D eigenvalue weighted by Crippen LogP contribution is -2.23. The highest BCUT2D eigenvalue weighted by molar-refractivity contribution is 5.93. The molecule has 0 fully saturated rings. The molecule has 1 heterocycles. The molecule has 4 nitrogen and oxygen atoms in total. The third-order valence-electron chi connectivity index (χ3n) is 3.74. The zero-order valence-electron chi connectivity index (χ0n) is 14.1. The maximum absolute atomic E-state index is 13.7. The summed E-state index contributed by atoms with van der Waals surface area (Å²) in [6.45, 7) is 2.36. The van der Waals surface area contributed by atoms with E-state index in [1.54, 1.807) is 6.07 Å². The summed E-state index contributed by atoms with van der Waals surface area (Å²) in [5.41, 5.74) is 2.89. The van der Waals surface area contributed by atoms with Crippen molar-refractivity contribution in [2.45, 2.75) is 13.5 Å². The monoisotopic (exact) mass is 353 g/mol. The van der Waals surface area contributed by atoms with E-state index in [1.807, 2.05) is 31.2 Å². The van der Waals surface area contributed by atoms with Gasteiger partial charge in [0.25, 0.3) is 5.91 Å². The number of benzene rings is 2. The molecule has 1 amide bonds. The molecule has 0 unspecified atom stereocenters. The first-order chi connectivity index (χ1) is 12.5. The van der Waals surface area contributed by atoms with Crippen molar-refractivity contribution in [3.63, 3.8) is 0 Å². The van der Waals surface area contributed by atoms with Gasteiger partial charge in [-0.2, -0.15) is 0 Å². The molecule has 3 rings (SSSR count). The zero-order chi connectivity index (χ0) is 18.5. The topological polar surface area (TPSA) is 54.0 Å². The van der Waals surface area contributed by atoms with Crippen LogP contribution in [0.5, 0.6) is 0 Å². The van der Waals surface area contributed by atoms with Crippen LogP contribution in [0.15, 0.2) is 60.8 Å². The Kier molecular flexibility index (Phi) is 5.22. The molecule has 0 saturated heterocycles. The predicted octanol–water partition coefficient (Wildman–Crippen LogP) is 4.34. The van der Waals surface area contributed by atoms with Gasteiger partial charge in [-0.3, -0.25) is 9.78 Å². The molecular formula is C20H17F2N3O. The molecule has 0 aliphatic carbocycles. The molecule has 0 aliphatic heterocycles. The first-order valence-electron chi connectivity index (χ1n) is 8.03. The lowest BCUT2D eigenvalue weighted by molar-refractivity contribution is 0.0946. The van der Waals surface area contributed by atoms with Gasteiger partial charge >= 0.3 is 0 Å². The van der Waals surface area contributed by atoms with Crippen LogP contribution < -0.4 is 10.6 Å². The number of nitrogens with one attached hydrogen (secondary N) is 2. The molecule has 0 spiro atoms. The normalized spacial score (nSPS) is 10.4. The highest BCUT2D eigenvalue weighted by atomic mass is 19.1. The minimum Gasteiger partial charge on any atom is -0.353 e. The zero-order valence-corrected chi connectivity index (χ0v) is 14.1. The highest BCUT2D eigenvalue weighted by Gasteiger charge is 2.09. The van der Waals surface area contributed by atoms with Gasteiger partial charge in [-0.25, -0.2) is 8.78 Å². The van der Waals surface area contributed by atoms with Gasteiger partial charge in [0.05, 0.1) is 5.69 Å². The summed E-state index contributed by atoms with van der Waals surface area (Å²) >= 11 is 0. The predicted molar refractivity (Wildman–Crippen MR) is 96.2 cm³/mol. The molecule has 0 atom stereocenters. The van der Waals surface area contributed by atoms with Crippen molar-refractivity contribution in [3.8, 4) is 0 Å². The molecule has 0 aliphatic rings. The highest BCUT2D eigenvalue weighted by Crippen LogP contribution is 2.20. The van der Waals surface area contributed by atoms with Gasteiger partial charge in [0.1, 0.15) is 17.3 Å². The summed E-state index contributed by atoms with van der Waals surface area (Å²) in [6.07, 6.45) is 1.45. The molecule has 2 aromatic carbocycles. The van der Waals surface area contributed by atoms with Gasteiger partial charge in [-0.15, -0.1) is 0 Å². The van der Waals surface area contributed by atoms with Crippen LogP contribution in [-0.4, -0.2) is 10.9 Å². The SMILES string of the molecule is Cc1cccc(CNC(=O)c2cc(Nc3ccc(F)cc3F)ccn2)c1. The van der Waals surface area contributed by atoms with E-state index in [-0.39, 0.29) is 17.3 Å². The van der Waals surface area contributed by atoms with Crippen LogP contribution in [0.25, 0.3) is 0 Å². The fraction of sp³-hybridized carbons (Fsp3) is 0.100. The number of anilines is 2. The number of amides is 1. The molecule has 132 valence electrons. The number of pyridine rings is 1. The van der Waals surface area contributed by atoms with Crippen molar-refractivity contribution in [3.05, 3.63) is 89.2 Å². The fourth-order valence-electron chi connectivity index (χ4n) is 2.47. The Labute approximate surface area is 149 Å². The third-order valence-corrected chi connectivity index (χ3v) is 3.74. The van der Waals surface area contributed by atoms with Crippen molar-refractivity contribution >= 4 is 17.3 Å². The van der Waals surface area contributed by atoms with Crippen molar-refractivity contribution in [1.29, 1.82) is 0 Å². The van der Waals surface area contributed by atoms with E-state index in [0.717, 1.165) is 23.3 Å². The summed E-state index contributed by atoms with van der Waals surface area (Å²) in [5, 5.41) is 5.61. The Morgan fingerprint density at radius 3 is 2.69 bits per heavy atom. The Morgan fingerprint density at radius 2 is 1.92 bits per heavy atom. The van der Waals surface area contributed by atoms with Gasteiger partial charge in [0, 0.05) is 24.5 Å². The second-order valence-corrected chi connectivity index (χ2v) is 5.85. The van der Waals surface area contributed by atoms with Gasteiger partial charge in [0.2, 0.25) is 0 Å². The van der Waals surface area contributed by atoms with Crippen LogP contribution in [0.4, 0.5) is 20.2 Å². The van der Waals surface area contributed by atoms with E-state index < -0.39 is 11.6 Å². The number of aryl methyl sites for hydroxylation is 1. The number of aromatic nitrogens is 1. The maximum Gasteiger partial charge on any atom is 0.270 e. The first-order valence-corrected chi connectivity index (χ1v) is 8.03. The number of hydrogen-bond donors (Lipinski definition) is 2. The Balaban J connectivity index is 1.69. The molecule has 6 heteroatoms. The first kappa shape index (κ1) is 17.5. The minimum absolute atomic E-state index is 0.115. The van der Waals surface area contributed by atoms with Crippen LogP contribution in [0.1, 0.15) is 21.6 Å². The van der Waals surface area contributed by atoms with Gasteiger partial charge in [-0.1, -0.05) is 29.8 Å².